The fourth-order valence-electron chi connectivity index (χ4n) is 1.05. The van der Waals surface area contributed by atoms with Gasteiger partial charge < -0.3 is 10.4 Å². The molecule has 2 N–H and O–H groups in total. The summed E-state index contributed by atoms with van der Waals surface area (Å²) in [5.41, 5.74) is 0. The Hall–Kier alpha value is -0.520. The lowest BCUT2D eigenvalue weighted by atomic mass is 10.2. The third-order valence-corrected chi connectivity index (χ3v) is 3.77. The first-order chi connectivity index (χ1) is 8.17. The number of thioether (sulfide) groups is 1. The van der Waals surface area contributed by atoms with Crippen LogP contribution in [0.4, 0.5) is 5.95 Å². The van der Waals surface area contributed by atoms with Gasteiger partial charge in [0.15, 0.2) is 0 Å². The number of rotatable bonds is 7. The van der Waals surface area contributed by atoms with E-state index in [9.17, 15) is 0 Å². The van der Waals surface area contributed by atoms with Crippen LogP contribution in [0, 0.1) is 5.92 Å². The first kappa shape index (κ1) is 14.5. The average molecular weight is 276 g/mol. The number of halogens is 1. The Kier molecular flexibility index (Phi) is 6.62. The molecule has 0 saturated heterocycles. The molecule has 1 unspecified atom stereocenters. The Morgan fingerprint density at radius 1 is 1.59 bits per heavy atom. The zero-order valence-corrected chi connectivity index (χ0v) is 11.7. The van der Waals surface area contributed by atoms with E-state index in [0.29, 0.717) is 11.0 Å². The van der Waals surface area contributed by atoms with Gasteiger partial charge in [0, 0.05) is 18.9 Å². The van der Waals surface area contributed by atoms with Crippen molar-refractivity contribution in [2.24, 2.45) is 5.92 Å². The first-order valence-corrected chi connectivity index (χ1v) is 7.03. The van der Waals surface area contributed by atoms with Crippen molar-refractivity contribution in [3.63, 3.8) is 0 Å². The maximum atomic E-state index is 8.96. The molecule has 0 spiro atoms. The normalized spacial score (nSPS) is 12.5. The molecule has 17 heavy (non-hydrogen) atoms. The number of aliphatic hydroxyl groups excluding tert-OH is 1. The molecule has 0 aromatic carbocycles. The van der Waals surface area contributed by atoms with E-state index in [2.05, 4.69) is 22.2 Å². The summed E-state index contributed by atoms with van der Waals surface area (Å²) < 4.78 is 0. The van der Waals surface area contributed by atoms with E-state index in [4.69, 9.17) is 16.7 Å². The largest absolute Gasteiger partial charge is 0.396 e. The number of nitrogens with zero attached hydrogens (tertiary/aromatic N) is 2. The second-order valence-corrected chi connectivity index (χ2v) is 5.29. The minimum absolute atomic E-state index is 0.177. The third kappa shape index (κ3) is 5.10. The average Bonchev–Trinajstić information content (AvgIpc) is 2.35. The van der Waals surface area contributed by atoms with Gasteiger partial charge in [-0.3, -0.25) is 0 Å². The number of hydrogen-bond donors (Lipinski definition) is 2. The predicted octanol–water partition coefficient (Wildman–Crippen LogP) is 2.67. The Balaban J connectivity index is 2.62. The molecule has 0 saturated carbocycles. The van der Waals surface area contributed by atoms with Crippen LogP contribution in [0.3, 0.4) is 0 Å². The highest BCUT2D eigenvalue weighted by molar-refractivity contribution is 7.99. The molecular weight excluding hydrogens is 258 g/mol. The molecule has 1 aromatic rings. The third-order valence-electron chi connectivity index (χ3n) is 2.06. The summed E-state index contributed by atoms with van der Waals surface area (Å²) >= 11 is 7.57. The van der Waals surface area contributed by atoms with Crippen LogP contribution in [-0.4, -0.2) is 34.0 Å². The molecule has 0 aliphatic rings. The molecular formula is C11H18ClN3OS. The molecule has 0 bridgehead atoms. The van der Waals surface area contributed by atoms with E-state index in [1.165, 1.54) is 0 Å². The fourth-order valence-corrected chi connectivity index (χ4v) is 2.19. The maximum absolute atomic E-state index is 8.96. The van der Waals surface area contributed by atoms with Crippen molar-refractivity contribution < 1.29 is 5.11 Å². The molecule has 0 amide bonds. The van der Waals surface area contributed by atoms with E-state index >= 15 is 0 Å². The lowest BCUT2D eigenvalue weighted by Crippen LogP contribution is -2.06. The summed E-state index contributed by atoms with van der Waals surface area (Å²) in [6.45, 7) is 5.09. The molecule has 4 nitrogen and oxygen atoms in total. The molecule has 96 valence electrons. The van der Waals surface area contributed by atoms with Gasteiger partial charge in [-0.1, -0.05) is 25.4 Å². The van der Waals surface area contributed by atoms with Gasteiger partial charge >= 0.3 is 0 Å². The standard InChI is InChI=1S/C11H18ClN3OS/c1-3-4-13-11-14-5-9(12)10(15-11)17-7-8(2)6-16/h5,8,16H,3-4,6-7H2,1-2H3,(H,13,14,15). The highest BCUT2D eigenvalue weighted by atomic mass is 35.5. The summed E-state index contributed by atoms with van der Waals surface area (Å²) in [6, 6.07) is 0. The van der Waals surface area contributed by atoms with Gasteiger partial charge in [-0.25, -0.2) is 9.97 Å². The Morgan fingerprint density at radius 2 is 2.35 bits per heavy atom. The van der Waals surface area contributed by atoms with Gasteiger partial charge in [-0.2, -0.15) is 0 Å². The SMILES string of the molecule is CCCNc1ncc(Cl)c(SCC(C)CO)n1. The molecule has 1 atom stereocenters. The van der Waals surface area contributed by atoms with Crippen molar-refractivity contribution in [2.75, 3.05) is 24.2 Å². The summed E-state index contributed by atoms with van der Waals surface area (Å²) in [6.07, 6.45) is 2.63. The van der Waals surface area contributed by atoms with Gasteiger partial charge in [-0.05, 0) is 12.3 Å². The molecule has 1 rings (SSSR count). The summed E-state index contributed by atoms with van der Waals surface area (Å²) in [7, 11) is 0. The van der Waals surface area contributed by atoms with Crippen LogP contribution < -0.4 is 5.32 Å². The Bertz CT molecular complexity index is 351. The van der Waals surface area contributed by atoms with E-state index < -0.39 is 0 Å². The van der Waals surface area contributed by atoms with Crippen molar-refractivity contribution in [2.45, 2.75) is 25.3 Å². The number of aromatic nitrogens is 2. The topological polar surface area (TPSA) is 58.0 Å². The zero-order chi connectivity index (χ0) is 12.7. The highest BCUT2D eigenvalue weighted by Crippen LogP contribution is 2.26. The Morgan fingerprint density at radius 3 is 3.00 bits per heavy atom. The second kappa shape index (κ2) is 7.74. The van der Waals surface area contributed by atoms with Crippen LogP contribution in [0.15, 0.2) is 11.2 Å². The van der Waals surface area contributed by atoms with Gasteiger partial charge in [0.25, 0.3) is 0 Å². The van der Waals surface area contributed by atoms with E-state index in [1.54, 1.807) is 18.0 Å². The van der Waals surface area contributed by atoms with Crippen LogP contribution >= 0.6 is 23.4 Å². The quantitative estimate of drug-likeness (QED) is 0.592. The highest BCUT2D eigenvalue weighted by Gasteiger charge is 2.08. The van der Waals surface area contributed by atoms with Gasteiger partial charge in [0.05, 0.1) is 11.2 Å². The fraction of sp³-hybridized carbons (Fsp3) is 0.636. The van der Waals surface area contributed by atoms with Crippen molar-refractivity contribution in [3.8, 4) is 0 Å². The molecule has 6 heteroatoms. The van der Waals surface area contributed by atoms with E-state index in [0.717, 1.165) is 23.7 Å². The molecule has 0 aliphatic heterocycles. The number of anilines is 1. The predicted molar refractivity (Wildman–Crippen MR) is 72.8 cm³/mol. The van der Waals surface area contributed by atoms with E-state index in [-0.39, 0.29) is 12.5 Å². The summed E-state index contributed by atoms with van der Waals surface area (Å²) in [5, 5.41) is 13.4. The smallest absolute Gasteiger partial charge is 0.223 e. The van der Waals surface area contributed by atoms with Gasteiger partial charge in [0.2, 0.25) is 5.95 Å². The number of nitrogens with one attached hydrogen (secondary N) is 1. The number of aliphatic hydroxyl groups is 1. The minimum atomic E-state index is 0.177. The maximum Gasteiger partial charge on any atom is 0.223 e. The lowest BCUT2D eigenvalue weighted by molar-refractivity contribution is 0.250. The number of hydrogen-bond acceptors (Lipinski definition) is 5. The first-order valence-electron chi connectivity index (χ1n) is 5.67. The van der Waals surface area contributed by atoms with Crippen molar-refractivity contribution in [1.29, 1.82) is 0 Å². The van der Waals surface area contributed by atoms with Crippen molar-refractivity contribution >= 4 is 29.3 Å². The summed E-state index contributed by atoms with van der Waals surface area (Å²) in [5.74, 6) is 1.63. The molecule has 0 aliphatic carbocycles. The van der Waals surface area contributed by atoms with E-state index in [1.807, 2.05) is 6.92 Å². The van der Waals surface area contributed by atoms with Crippen LogP contribution in [0.1, 0.15) is 20.3 Å². The van der Waals surface area contributed by atoms with Crippen LogP contribution in [0.5, 0.6) is 0 Å². The van der Waals surface area contributed by atoms with Gasteiger partial charge in [-0.15, -0.1) is 11.8 Å². The molecule has 1 heterocycles. The van der Waals surface area contributed by atoms with Gasteiger partial charge in [0.1, 0.15) is 5.03 Å². The molecule has 0 radical (unpaired) electrons. The zero-order valence-electron chi connectivity index (χ0n) is 10.1. The van der Waals surface area contributed by atoms with Crippen LogP contribution in [0.2, 0.25) is 5.02 Å². The van der Waals surface area contributed by atoms with Crippen molar-refractivity contribution in [3.05, 3.63) is 11.2 Å². The Labute approximate surface area is 111 Å². The van der Waals surface area contributed by atoms with Crippen LogP contribution in [-0.2, 0) is 0 Å². The van der Waals surface area contributed by atoms with Crippen LogP contribution in [0.25, 0.3) is 0 Å². The lowest BCUT2D eigenvalue weighted by Gasteiger charge is -2.09. The summed E-state index contributed by atoms with van der Waals surface area (Å²) in [4.78, 5) is 8.45. The minimum Gasteiger partial charge on any atom is -0.396 e. The van der Waals surface area contributed by atoms with Crippen molar-refractivity contribution in [1.82, 2.24) is 9.97 Å². The monoisotopic (exact) mass is 275 g/mol. The molecule has 0 fully saturated rings. The molecule has 1 aromatic heterocycles. The second-order valence-electron chi connectivity index (χ2n) is 3.87.